The van der Waals surface area contributed by atoms with Gasteiger partial charge >= 0.3 is 0 Å². The highest BCUT2D eigenvalue weighted by molar-refractivity contribution is 7.22. The summed E-state index contributed by atoms with van der Waals surface area (Å²) in [7, 11) is 0. The molecule has 4 nitrogen and oxygen atoms in total. The van der Waals surface area contributed by atoms with Crippen LogP contribution in [0.4, 0.5) is 5.00 Å². The Kier molecular flexibility index (Phi) is 2.34. The molecular weight excluding hydrogens is 252 g/mol. The Hall–Kier alpha value is -1.53. The van der Waals surface area contributed by atoms with Gasteiger partial charge in [0.25, 0.3) is 0 Å². The smallest absolute Gasteiger partial charge is 0.190 e. The third kappa shape index (κ3) is 1.60. The summed E-state index contributed by atoms with van der Waals surface area (Å²) in [4.78, 5) is 15.0. The molecule has 0 spiro atoms. The molecule has 0 saturated carbocycles. The zero-order valence-electron chi connectivity index (χ0n) is 9.39. The van der Waals surface area contributed by atoms with Crippen LogP contribution in [0, 0.1) is 13.8 Å². The van der Waals surface area contributed by atoms with Gasteiger partial charge in [-0.05, 0) is 19.4 Å². The van der Waals surface area contributed by atoms with Crippen LogP contribution in [0.1, 0.15) is 10.4 Å². The Bertz CT molecular complexity index is 666. The van der Waals surface area contributed by atoms with Gasteiger partial charge in [-0.25, -0.2) is 15.0 Å². The number of thiophene rings is 1. The van der Waals surface area contributed by atoms with Crippen molar-refractivity contribution in [2.75, 3.05) is 5.73 Å². The van der Waals surface area contributed by atoms with E-state index < -0.39 is 0 Å². The number of anilines is 1. The first-order valence-electron chi connectivity index (χ1n) is 5.10. The first kappa shape index (κ1) is 10.6. The van der Waals surface area contributed by atoms with Crippen LogP contribution in [0.15, 0.2) is 12.4 Å². The van der Waals surface area contributed by atoms with Crippen molar-refractivity contribution >= 4 is 38.2 Å². The van der Waals surface area contributed by atoms with E-state index in [1.807, 2.05) is 0 Å². The molecule has 17 heavy (non-hydrogen) atoms. The third-order valence-corrected chi connectivity index (χ3v) is 4.68. The van der Waals surface area contributed by atoms with Crippen molar-refractivity contribution in [3.05, 3.63) is 22.8 Å². The van der Waals surface area contributed by atoms with Crippen LogP contribution < -0.4 is 5.73 Å². The maximum Gasteiger partial charge on any atom is 0.190 e. The summed E-state index contributed by atoms with van der Waals surface area (Å²) in [5, 5.41) is 1.73. The molecule has 0 aliphatic heterocycles. The van der Waals surface area contributed by atoms with Crippen molar-refractivity contribution < 1.29 is 0 Å². The van der Waals surface area contributed by atoms with Crippen LogP contribution in [-0.4, -0.2) is 15.0 Å². The molecule has 0 aromatic carbocycles. The van der Waals surface area contributed by atoms with Gasteiger partial charge in [-0.15, -0.1) is 11.3 Å². The zero-order valence-corrected chi connectivity index (χ0v) is 11.0. The lowest BCUT2D eigenvalue weighted by atomic mass is 10.2. The maximum atomic E-state index is 6.04. The molecule has 0 radical (unpaired) electrons. The molecule has 0 fully saturated rings. The minimum Gasteiger partial charge on any atom is -0.390 e. The first-order valence-corrected chi connectivity index (χ1v) is 6.73. The molecule has 3 aromatic heterocycles. The monoisotopic (exact) mass is 262 g/mol. The predicted octanol–water partition coefficient (Wildman–Crippen LogP) is 3.01. The summed E-state index contributed by atoms with van der Waals surface area (Å²) < 4.78 is 0. The van der Waals surface area contributed by atoms with Gasteiger partial charge in [0.1, 0.15) is 5.01 Å². The molecule has 86 valence electrons. The average Bonchev–Trinajstić information content (AvgIpc) is 2.81. The van der Waals surface area contributed by atoms with E-state index in [0.717, 1.165) is 20.4 Å². The maximum absolute atomic E-state index is 6.04. The summed E-state index contributed by atoms with van der Waals surface area (Å²) in [5.41, 5.74) is 8.97. The number of aromatic nitrogens is 3. The number of fused-ring (bicyclic) bond motifs is 1. The van der Waals surface area contributed by atoms with Crippen molar-refractivity contribution in [1.29, 1.82) is 0 Å². The van der Waals surface area contributed by atoms with E-state index in [2.05, 4.69) is 28.8 Å². The second kappa shape index (κ2) is 3.75. The Morgan fingerprint density at radius 3 is 2.53 bits per heavy atom. The number of thiazole rings is 1. The van der Waals surface area contributed by atoms with Crippen molar-refractivity contribution in [3.63, 3.8) is 0 Å². The van der Waals surface area contributed by atoms with Gasteiger partial charge in [-0.1, -0.05) is 11.3 Å². The zero-order chi connectivity index (χ0) is 12.0. The van der Waals surface area contributed by atoms with Gasteiger partial charge in [-0.2, -0.15) is 0 Å². The van der Waals surface area contributed by atoms with E-state index in [9.17, 15) is 0 Å². The van der Waals surface area contributed by atoms with E-state index in [-0.39, 0.29) is 0 Å². The molecule has 0 atom stereocenters. The predicted molar refractivity (Wildman–Crippen MR) is 72.4 cm³/mol. The van der Waals surface area contributed by atoms with Gasteiger partial charge in [0.05, 0.1) is 5.00 Å². The minimum absolute atomic E-state index is 0.690. The molecule has 2 N–H and O–H groups in total. The van der Waals surface area contributed by atoms with Crippen molar-refractivity contribution in [1.82, 2.24) is 15.0 Å². The van der Waals surface area contributed by atoms with Crippen molar-refractivity contribution in [2.45, 2.75) is 13.8 Å². The summed E-state index contributed by atoms with van der Waals surface area (Å²) in [6.07, 6.45) is 3.33. The fourth-order valence-electron chi connectivity index (χ4n) is 1.70. The second-order valence-electron chi connectivity index (χ2n) is 3.73. The number of hydrogen-bond donors (Lipinski definition) is 1. The van der Waals surface area contributed by atoms with E-state index in [1.165, 1.54) is 21.8 Å². The van der Waals surface area contributed by atoms with Gasteiger partial charge < -0.3 is 5.73 Å². The molecule has 0 aliphatic rings. The second-order valence-corrected chi connectivity index (χ2v) is 5.96. The summed E-state index contributed by atoms with van der Waals surface area (Å²) >= 11 is 3.14. The lowest BCUT2D eigenvalue weighted by molar-refractivity contribution is 1.26. The number of nitrogens with two attached hydrogens (primary N) is 1. The molecule has 6 heteroatoms. The molecule has 3 aromatic rings. The van der Waals surface area contributed by atoms with Crippen LogP contribution in [-0.2, 0) is 0 Å². The third-order valence-electron chi connectivity index (χ3n) is 2.67. The van der Waals surface area contributed by atoms with E-state index in [1.54, 1.807) is 23.7 Å². The minimum atomic E-state index is 0.690. The number of nitrogen functional groups attached to an aromatic ring is 1. The number of rotatable bonds is 1. The van der Waals surface area contributed by atoms with E-state index >= 15 is 0 Å². The first-order chi connectivity index (χ1) is 8.16. The lowest BCUT2D eigenvalue weighted by Crippen LogP contribution is -1.85. The Labute approximate surface area is 106 Å². The van der Waals surface area contributed by atoms with Gasteiger partial charge in [-0.3, -0.25) is 0 Å². The molecule has 3 rings (SSSR count). The number of aryl methyl sites for hydroxylation is 1. The molecule has 0 saturated heterocycles. The van der Waals surface area contributed by atoms with E-state index in [4.69, 9.17) is 5.73 Å². The average molecular weight is 262 g/mol. The van der Waals surface area contributed by atoms with Crippen LogP contribution in [0.25, 0.3) is 21.0 Å². The van der Waals surface area contributed by atoms with Gasteiger partial charge in [0, 0.05) is 22.8 Å². The molecule has 3 heterocycles. The van der Waals surface area contributed by atoms with Crippen LogP contribution >= 0.6 is 22.7 Å². The number of nitrogens with zero attached hydrogens (tertiary/aromatic N) is 3. The van der Waals surface area contributed by atoms with Crippen molar-refractivity contribution in [3.8, 4) is 10.6 Å². The topological polar surface area (TPSA) is 64.7 Å². The number of hydrogen-bond acceptors (Lipinski definition) is 6. The highest BCUT2D eigenvalue weighted by Gasteiger charge is 2.16. The molecular formula is C11H10N4S2. The molecule has 0 unspecified atom stereocenters. The Balaban J connectivity index is 2.27. The molecule has 0 aliphatic carbocycles. The van der Waals surface area contributed by atoms with Gasteiger partial charge in [0.15, 0.2) is 10.5 Å². The fourth-order valence-corrected chi connectivity index (χ4v) is 3.69. The largest absolute Gasteiger partial charge is 0.390 e. The quantitative estimate of drug-likeness (QED) is 0.732. The molecule has 0 bridgehead atoms. The standard InChI is InChI=1S/C11H10N4S2/c1-5-6(2)16-8(12)7(5)10-15-9-11(17-10)14-4-3-13-9/h3-4H,12H2,1-2H3. The summed E-state index contributed by atoms with van der Waals surface area (Å²) in [5.74, 6) is 0. The fraction of sp³-hybridized carbons (Fsp3) is 0.182. The SMILES string of the molecule is Cc1sc(N)c(-c2nc3nccnc3s2)c1C. The van der Waals surface area contributed by atoms with E-state index in [0.29, 0.717) is 5.65 Å². The summed E-state index contributed by atoms with van der Waals surface area (Å²) in [6.45, 7) is 4.15. The van der Waals surface area contributed by atoms with Crippen LogP contribution in [0.2, 0.25) is 0 Å². The van der Waals surface area contributed by atoms with Crippen LogP contribution in [0.5, 0.6) is 0 Å². The highest BCUT2D eigenvalue weighted by Crippen LogP contribution is 2.40. The molecule has 0 amide bonds. The normalized spacial score (nSPS) is 11.2. The van der Waals surface area contributed by atoms with Gasteiger partial charge in [0.2, 0.25) is 0 Å². The van der Waals surface area contributed by atoms with Crippen molar-refractivity contribution in [2.24, 2.45) is 0 Å². The highest BCUT2D eigenvalue weighted by atomic mass is 32.1. The Morgan fingerprint density at radius 1 is 1.12 bits per heavy atom. The Morgan fingerprint density at radius 2 is 1.88 bits per heavy atom. The lowest BCUT2D eigenvalue weighted by Gasteiger charge is -1.95. The van der Waals surface area contributed by atoms with Crippen LogP contribution in [0.3, 0.4) is 0 Å². The summed E-state index contributed by atoms with van der Waals surface area (Å²) in [6, 6.07) is 0.